The van der Waals surface area contributed by atoms with Crippen molar-refractivity contribution in [3.8, 4) is 0 Å². The van der Waals surface area contributed by atoms with E-state index in [4.69, 9.17) is 0 Å². The van der Waals surface area contributed by atoms with Gasteiger partial charge >= 0.3 is 0 Å². The summed E-state index contributed by atoms with van der Waals surface area (Å²) < 4.78 is 0. The first kappa shape index (κ1) is 22.0. The molecule has 0 bridgehead atoms. The summed E-state index contributed by atoms with van der Waals surface area (Å²) in [7, 11) is 0. The predicted octanol–water partition coefficient (Wildman–Crippen LogP) is 3.80. The molecule has 2 aromatic heterocycles. The number of amides is 2. The van der Waals surface area contributed by atoms with E-state index in [1.165, 1.54) is 11.8 Å². The molecule has 6 nitrogen and oxygen atoms in total. The van der Waals surface area contributed by atoms with E-state index in [-0.39, 0.29) is 17.2 Å². The van der Waals surface area contributed by atoms with E-state index in [1.807, 2.05) is 52.6 Å². The lowest BCUT2D eigenvalue weighted by Crippen LogP contribution is -2.44. The maximum absolute atomic E-state index is 12.8. The van der Waals surface area contributed by atoms with E-state index in [1.54, 1.807) is 17.4 Å². The highest BCUT2D eigenvalue weighted by atomic mass is 32.2. The number of hydrogen-bond acceptors (Lipinski definition) is 6. The molecule has 2 fully saturated rings. The van der Waals surface area contributed by atoms with E-state index in [0.29, 0.717) is 10.9 Å². The Morgan fingerprint density at radius 3 is 2.45 bits per heavy atom. The summed E-state index contributed by atoms with van der Waals surface area (Å²) in [5.41, 5.74) is 3.08. The number of hydrogen-bond donors (Lipinski definition) is 0. The van der Waals surface area contributed by atoms with E-state index in [2.05, 4.69) is 9.97 Å². The van der Waals surface area contributed by atoms with Gasteiger partial charge in [0, 0.05) is 43.6 Å². The number of piperidine rings is 1. The van der Waals surface area contributed by atoms with Crippen LogP contribution in [-0.2, 0) is 9.59 Å². The Balaban J connectivity index is 1.25. The zero-order valence-electron chi connectivity index (χ0n) is 18.0. The van der Waals surface area contributed by atoms with Crippen LogP contribution in [0.4, 0.5) is 0 Å². The number of thioether (sulfide) groups is 1. The molecular formula is C23H28N4O2S2. The summed E-state index contributed by atoms with van der Waals surface area (Å²) in [5.74, 6) is 0.607. The Morgan fingerprint density at radius 2 is 1.81 bits per heavy atom. The molecule has 0 N–H and O–H groups in total. The van der Waals surface area contributed by atoms with Crippen LogP contribution >= 0.6 is 23.1 Å². The molecule has 0 radical (unpaired) electrons. The van der Waals surface area contributed by atoms with Crippen molar-refractivity contribution in [3.63, 3.8) is 0 Å². The monoisotopic (exact) mass is 456 g/mol. The predicted molar refractivity (Wildman–Crippen MR) is 125 cm³/mol. The van der Waals surface area contributed by atoms with Gasteiger partial charge in [-0.15, -0.1) is 0 Å². The molecule has 0 atom stereocenters. The lowest BCUT2D eigenvalue weighted by atomic mass is 9.78. The highest BCUT2D eigenvalue weighted by Gasteiger charge is 2.42. The van der Waals surface area contributed by atoms with Crippen LogP contribution in [0.5, 0.6) is 0 Å². The zero-order valence-corrected chi connectivity index (χ0v) is 19.7. The minimum Gasteiger partial charge on any atom is -0.341 e. The van der Waals surface area contributed by atoms with E-state index < -0.39 is 0 Å². The number of likely N-dealkylation sites (tertiary alicyclic amines) is 2. The van der Waals surface area contributed by atoms with Gasteiger partial charge in [0.1, 0.15) is 0 Å². The average Bonchev–Trinajstić information content (AvgIpc) is 3.41. The second kappa shape index (κ2) is 9.53. The summed E-state index contributed by atoms with van der Waals surface area (Å²) in [6.45, 7) is 7.02. The summed E-state index contributed by atoms with van der Waals surface area (Å²) in [6, 6.07) is 3.94. The first-order valence-corrected chi connectivity index (χ1v) is 12.6. The molecular weight excluding hydrogens is 428 g/mol. The van der Waals surface area contributed by atoms with Crippen molar-refractivity contribution >= 4 is 41.0 Å². The van der Waals surface area contributed by atoms with Crippen molar-refractivity contribution in [3.05, 3.63) is 45.9 Å². The van der Waals surface area contributed by atoms with Gasteiger partial charge in [-0.05, 0) is 73.1 Å². The number of carbonyl (C=O) groups excluding carboxylic acids is 2. The Kier molecular flexibility index (Phi) is 6.77. The molecule has 164 valence electrons. The van der Waals surface area contributed by atoms with Gasteiger partial charge < -0.3 is 9.80 Å². The fourth-order valence-corrected chi connectivity index (χ4v) is 5.86. The maximum atomic E-state index is 12.8. The van der Waals surface area contributed by atoms with Gasteiger partial charge in [-0.1, -0.05) is 11.8 Å². The van der Waals surface area contributed by atoms with E-state index >= 15 is 0 Å². The molecule has 8 heteroatoms. The normalized spacial score (nSPS) is 18.3. The van der Waals surface area contributed by atoms with Crippen molar-refractivity contribution in [2.45, 2.75) is 38.3 Å². The summed E-state index contributed by atoms with van der Waals surface area (Å²) in [4.78, 5) is 38.0. The third-order valence-corrected chi connectivity index (χ3v) is 7.71. The van der Waals surface area contributed by atoms with Gasteiger partial charge in [0.15, 0.2) is 5.16 Å². The second-order valence-electron chi connectivity index (χ2n) is 8.50. The van der Waals surface area contributed by atoms with Crippen molar-refractivity contribution in [2.24, 2.45) is 5.41 Å². The van der Waals surface area contributed by atoms with Crippen LogP contribution < -0.4 is 0 Å². The molecule has 0 aromatic carbocycles. The molecule has 2 aliphatic rings. The SMILES string of the molecule is Cc1cc(C)nc(SCC(=O)N2CCC3(CCN(C(=O)C=Cc4ccsc4)CC3)C2)n1. The smallest absolute Gasteiger partial charge is 0.246 e. The number of rotatable bonds is 5. The summed E-state index contributed by atoms with van der Waals surface area (Å²) in [5, 5.41) is 4.71. The topological polar surface area (TPSA) is 66.4 Å². The Labute approximate surface area is 191 Å². The number of carbonyl (C=O) groups is 2. The zero-order chi connectivity index (χ0) is 21.8. The van der Waals surface area contributed by atoms with Crippen LogP contribution in [-0.4, -0.2) is 63.5 Å². The van der Waals surface area contributed by atoms with Gasteiger partial charge in [-0.2, -0.15) is 11.3 Å². The first-order chi connectivity index (χ1) is 14.9. The molecule has 2 aromatic rings. The van der Waals surface area contributed by atoms with Gasteiger partial charge in [0.25, 0.3) is 0 Å². The Morgan fingerprint density at radius 1 is 1.13 bits per heavy atom. The third-order valence-electron chi connectivity index (χ3n) is 6.17. The van der Waals surface area contributed by atoms with Crippen LogP contribution in [0.1, 0.15) is 36.2 Å². The minimum atomic E-state index is 0.0804. The van der Waals surface area contributed by atoms with Crippen LogP contribution in [0.25, 0.3) is 6.08 Å². The fourth-order valence-electron chi connectivity index (χ4n) is 4.38. The van der Waals surface area contributed by atoms with Crippen molar-refractivity contribution in [1.29, 1.82) is 0 Å². The van der Waals surface area contributed by atoms with Crippen molar-refractivity contribution < 1.29 is 9.59 Å². The van der Waals surface area contributed by atoms with Gasteiger partial charge in [0.2, 0.25) is 11.8 Å². The molecule has 2 saturated heterocycles. The van der Waals surface area contributed by atoms with Gasteiger partial charge in [0.05, 0.1) is 5.75 Å². The third kappa shape index (κ3) is 5.54. The van der Waals surface area contributed by atoms with E-state index in [9.17, 15) is 9.59 Å². The molecule has 0 aliphatic carbocycles. The van der Waals surface area contributed by atoms with Crippen molar-refractivity contribution in [1.82, 2.24) is 19.8 Å². The maximum Gasteiger partial charge on any atom is 0.246 e. The second-order valence-corrected chi connectivity index (χ2v) is 10.2. The quantitative estimate of drug-likeness (QED) is 0.389. The molecule has 2 aliphatic heterocycles. The van der Waals surface area contributed by atoms with Crippen LogP contribution in [0, 0.1) is 19.3 Å². The Bertz CT molecular complexity index is 946. The molecule has 2 amide bonds. The molecule has 4 heterocycles. The molecule has 0 unspecified atom stereocenters. The van der Waals surface area contributed by atoms with Crippen molar-refractivity contribution in [2.75, 3.05) is 31.9 Å². The lowest BCUT2D eigenvalue weighted by Gasteiger charge is -2.38. The average molecular weight is 457 g/mol. The van der Waals surface area contributed by atoms with Gasteiger partial charge in [-0.25, -0.2) is 9.97 Å². The molecule has 31 heavy (non-hydrogen) atoms. The standard InChI is InChI=1S/C23H28N4O2S2/c1-17-13-18(2)25-22(24-17)31-15-21(29)27-11-8-23(16-27)6-9-26(10-7-23)20(28)4-3-19-5-12-30-14-19/h3-5,12-14H,6-11,15-16H2,1-2H3. The van der Waals surface area contributed by atoms with Crippen LogP contribution in [0.15, 0.2) is 34.1 Å². The Hall–Kier alpha value is -2.19. The molecule has 1 spiro atoms. The lowest BCUT2D eigenvalue weighted by molar-refractivity contribution is -0.130. The van der Waals surface area contributed by atoms with E-state index in [0.717, 1.165) is 62.4 Å². The number of nitrogens with zero attached hydrogens (tertiary/aromatic N) is 4. The fraction of sp³-hybridized carbons (Fsp3) is 0.478. The summed E-state index contributed by atoms with van der Waals surface area (Å²) >= 11 is 3.04. The van der Waals surface area contributed by atoms with Crippen LogP contribution in [0.2, 0.25) is 0 Å². The highest BCUT2D eigenvalue weighted by molar-refractivity contribution is 7.99. The largest absolute Gasteiger partial charge is 0.341 e. The number of thiophene rings is 1. The first-order valence-electron chi connectivity index (χ1n) is 10.6. The number of aryl methyl sites for hydroxylation is 2. The van der Waals surface area contributed by atoms with Crippen LogP contribution in [0.3, 0.4) is 0 Å². The number of aromatic nitrogens is 2. The van der Waals surface area contributed by atoms with Gasteiger partial charge in [-0.3, -0.25) is 9.59 Å². The molecule has 4 rings (SSSR count). The summed E-state index contributed by atoms with van der Waals surface area (Å²) in [6.07, 6.45) is 6.51. The minimum absolute atomic E-state index is 0.0804. The highest BCUT2D eigenvalue weighted by Crippen LogP contribution is 2.40. The molecule has 0 saturated carbocycles.